The lowest BCUT2D eigenvalue weighted by molar-refractivity contribution is -0.118. The second kappa shape index (κ2) is 11.9. The highest BCUT2D eigenvalue weighted by atomic mass is 32.2. The highest BCUT2D eigenvalue weighted by molar-refractivity contribution is 7.89. The Morgan fingerprint density at radius 2 is 1.45 bits per heavy atom. The first-order valence-electron chi connectivity index (χ1n) is 12.8. The summed E-state index contributed by atoms with van der Waals surface area (Å²) in [6.07, 6.45) is 0. The molecule has 1 heterocycles. The normalized spacial score (nSPS) is 14.9. The van der Waals surface area contributed by atoms with Crippen molar-refractivity contribution in [1.82, 2.24) is 4.72 Å². The highest BCUT2D eigenvalue weighted by Crippen LogP contribution is 2.33. The Bertz CT molecular complexity index is 1350. The molecule has 0 saturated carbocycles. The lowest BCUT2D eigenvalue weighted by Gasteiger charge is -2.38. The molecule has 1 amide bonds. The molecule has 3 aromatic carbocycles. The monoisotopic (exact) mass is 536 g/mol. The van der Waals surface area contributed by atoms with Crippen molar-refractivity contribution in [3.05, 3.63) is 78.4 Å². The predicted octanol–water partition coefficient (Wildman–Crippen LogP) is 4.66. The molecule has 1 unspecified atom stereocenters. The second-order valence-electron chi connectivity index (χ2n) is 9.73. The molecule has 8 nitrogen and oxygen atoms in total. The van der Waals surface area contributed by atoms with Crippen molar-refractivity contribution in [3.8, 4) is 5.75 Å². The Labute approximate surface area is 225 Å². The van der Waals surface area contributed by atoms with E-state index >= 15 is 0 Å². The van der Waals surface area contributed by atoms with Crippen LogP contribution in [0.15, 0.2) is 77.7 Å². The van der Waals surface area contributed by atoms with Gasteiger partial charge in [-0.2, -0.15) is 0 Å². The predicted molar refractivity (Wildman–Crippen MR) is 153 cm³/mol. The number of nitrogens with one attached hydrogen (secondary N) is 2. The molecule has 202 valence electrons. The maximum atomic E-state index is 13.7. The average molecular weight is 537 g/mol. The Hall–Kier alpha value is -3.56. The number of sulfonamides is 1. The Balaban J connectivity index is 1.62. The van der Waals surface area contributed by atoms with E-state index in [1.807, 2.05) is 61.5 Å². The van der Waals surface area contributed by atoms with Gasteiger partial charge in [0.15, 0.2) is 0 Å². The zero-order chi connectivity index (χ0) is 27.3. The molecule has 1 aliphatic heterocycles. The quantitative estimate of drug-likeness (QED) is 0.414. The maximum Gasteiger partial charge on any atom is 0.243 e. The molecule has 4 rings (SSSR count). The summed E-state index contributed by atoms with van der Waals surface area (Å²) in [6, 6.07) is 22.0. The fraction of sp³-hybridized carbons (Fsp3) is 0.345. The number of para-hydroxylation sites is 2. The number of hydrogen-bond acceptors (Lipinski definition) is 6. The second-order valence-corrected chi connectivity index (χ2v) is 11.4. The molecule has 0 radical (unpaired) electrons. The summed E-state index contributed by atoms with van der Waals surface area (Å²) in [5.41, 5.74) is 2.95. The number of piperazine rings is 1. The van der Waals surface area contributed by atoms with Gasteiger partial charge in [-0.15, -0.1) is 0 Å². The molecule has 0 bridgehead atoms. The van der Waals surface area contributed by atoms with Crippen LogP contribution in [-0.4, -0.2) is 47.6 Å². The van der Waals surface area contributed by atoms with E-state index in [1.54, 1.807) is 39.2 Å². The van der Waals surface area contributed by atoms with Gasteiger partial charge in [0.25, 0.3) is 0 Å². The molecule has 0 aromatic heterocycles. The Kier molecular flexibility index (Phi) is 8.58. The van der Waals surface area contributed by atoms with Crippen molar-refractivity contribution in [2.45, 2.75) is 31.7 Å². The van der Waals surface area contributed by atoms with Crippen LogP contribution in [0.2, 0.25) is 0 Å². The first-order valence-corrected chi connectivity index (χ1v) is 14.3. The minimum atomic E-state index is -3.92. The van der Waals surface area contributed by atoms with Crippen molar-refractivity contribution >= 4 is 33.0 Å². The Morgan fingerprint density at radius 3 is 2.08 bits per heavy atom. The number of rotatable bonds is 9. The van der Waals surface area contributed by atoms with Gasteiger partial charge in [-0.1, -0.05) is 56.3 Å². The minimum Gasteiger partial charge on any atom is -0.495 e. The lowest BCUT2D eigenvalue weighted by Crippen LogP contribution is -2.47. The van der Waals surface area contributed by atoms with Gasteiger partial charge in [0, 0.05) is 43.8 Å². The molecule has 1 saturated heterocycles. The summed E-state index contributed by atoms with van der Waals surface area (Å²) in [4.78, 5) is 16.8. The number of ether oxygens (including phenoxy) is 1. The molecule has 0 spiro atoms. The van der Waals surface area contributed by atoms with Crippen LogP contribution in [0.5, 0.6) is 5.75 Å². The van der Waals surface area contributed by atoms with Crippen LogP contribution in [0, 0.1) is 5.92 Å². The number of nitrogens with zero attached hydrogens (tertiary/aromatic N) is 2. The van der Waals surface area contributed by atoms with E-state index in [1.165, 1.54) is 0 Å². The number of anilines is 3. The number of methoxy groups -OCH3 is 1. The molecular weight excluding hydrogens is 500 g/mol. The molecule has 2 N–H and O–H groups in total. The van der Waals surface area contributed by atoms with Crippen molar-refractivity contribution in [2.75, 3.05) is 48.4 Å². The van der Waals surface area contributed by atoms with Gasteiger partial charge in [0.05, 0.1) is 18.5 Å². The van der Waals surface area contributed by atoms with Crippen LogP contribution in [0.1, 0.15) is 32.4 Å². The number of benzene rings is 3. The number of amides is 1. The zero-order valence-corrected chi connectivity index (χ0v) is 23.2. The largest absolute Gasteiger partial charge is 0.495 e. The molecular formula is C29H36N4O4S. The smallest absolute Gasteiger partial charge is 0.243 e. The van der Waals surface area contributed by atoms with Gasteiger partial charge in [-0.05, 0) is 42.8 Å². The summed E-state index contributed by atoms with van der Waals surface area (Å²) >= 11 is 0. The van der Waals surface area contributed by atoms with E-state index in [0.717, 1.165) is 17.0 Å². The van der Waals surface area contributed by atoms with Gasteiger partial charge in [-0.3, -0.25) is 4.79 Å². The summed E-state index contributed by atoms with van der Waals surface area (Å²) in [7, 11) is -2.26. The van der Waals surface area contributed by atoms with E-state index in [2.05, 4.69) is 19.8 Å². The van der Waals surface area contributed by atoms with Crippen LogP contribution in [-0.2, 0) is 14.8 Å². The Morgan fingerprint density at radius 1 is 0.842 bits per heavy atom. The van der Waals surface area contributed by atoms with E-state index < -0.39 is 16.1 Å². The third-order valence-corrected chi connectivity index (χ3v) is 8.29. The van der Waals surface area contributed by atoms with Crippen molar-refractivity contribution < 1.29 is 17.9 Å². The first kappa shape index (κ1) is 27.5. The molecule has 3 aromatic rings. The molecule has 38 heavy (non-hydrogen) atoms. The molecule has 9 heteroatoms. The van der Waals surface area contributed by atoms with Gasteiger partial charge < -0.3 is 19.9 Å². The molecule has 1 aliphatic rings. The third-order valence-electron chi connectivity index (χ3n) is 6.72. The van der Waals surface area contributed by atoms with Crippen molar-refractivity contribution in [2.24, 2.45) is 5.92 Å². The molecule has 1 atom stereocenters. The summed E-state index contributed by atoms with van der Waals surface area (Å²) in [5, 5.41) is 2.84. The number of carbonyl (C=O) groups excluding carboxylic acids is 1. The standard InChI is InChI=1S/C29H36N4O4S/c1-21(2)29(34)30-24-14-15-26(28(20-24)38(35,36)31-22(3)23-10-6-5-7-11-23)33-18-16-32(17-19-33)25-12-8-9-13-27(25)37-4/h5-15,20-22,31H,16-19H2,1-4H3,(H,30,34). The third kappa shape index (κ3) is 6.28. The fourth-order valence-electron chi connectivity index (χ4n) is 4.54. The lowest BCUT2D eigenvalue weighted by atomic mass is 10.1. The summed E-state index contributed by atoms with van der Waals surface area (Å²) in [5.74, 6) is 0.416. The molecule has 0 aliphatic carbocycles. The average Bonchev–Trinajstić information content (AvgIpc) is 2.93. The summed E-state index contributed by atoms with van der Waals surface area (Å²) in [6.45, 7) is 8.10. The van der Waals surface area contributed by atoms with E-state index in [0.29, 0.717) is 37.6 Å². The van der Waals surface area contributed by atoms with Crippen LogP contribution in [0.25, 0.3) is 0 Å². The minimum absolute atomic E-state index is 0.146. The van der Waals surface area contributed by atoms with Crippen LogP contribution >= 0.6 is 0 Å². The number of hydrogen-bond donors (Lipinski definition) is 2. The van der Waals surface area contributed by atoms with Crippen molar-refractivity contribution in [1.29, 1.82) is 0 Å². The van der Waals surface area contributed by atoms with E-state index in [4.69, 9.17) is 4.74 Å². The van der Waals surface area contributed by atoms with Crippen molar-refractivity contribution in [3.63, 3.8) is 0 Å². The number of carbonyl (C=O) groups is 1. The van der Waals surface area contributed by atoms with E-state index in [-0.39, 0.29) is 16.7 Å². The van der Waals surface area contributed by atoms with Gasteiger partial charge in [0.1, 0.15) is 10.6 Å². The van der Waals surface area contributed by atoms with Gasteiger partial charge >= 0.3 is 0 Å². The highest BCUT2D eigenvalue weighted by Gasteiger charge is 2.28. The van der Waals surface area contributed by atoms with E-state index in [9.17, 15) is 13.2 Å². The first-order chi connectivity index (χ1) is 18.2. The topological polar surface area (TPSA) is 91.0 Å². The summed E-state index contributed by atoms with van der Waals surface area (Å²) < 4.78 is 35.8. The zero-order valence-electron chi connectivity index (χ0n) is 22.3. The van der Waals surface area contributed by atoms with Gasteiger partial charge in [-0.25, -0.2) is 13.1 Å². The van der Waals surface area contributed by atoms with Crippen LogP contribution in [0.3, 0.4) is 0 Å². The van der Waals surface area contributed by atoms with Crippen LogP contribution < -0.4 is 24.6 Å². The van der Waals surface area contributed by atoms with Crippen LogP contribution in [0.4, 0.5) is 17.1 Å². The fourth-order valence-corrected chi connectivity index (χ4v) is 6.02. The molecule has 1 fully saturated rings. The SMILES string of the molecule is COc1ccccc1N1CCN(c2ccc(NC(=O)C(C)C)cc2S(=O)(=O)NC(C)c2ccccc2)CC1. The maximum absolute atomic E-state index is 13.7. The van der Waals surface area contributed by atoms with Gasteiger partial charge in [0.2, 0.25) is 15.9 Å².